The minimum atomic E-state index is -0.394. The van der Waals surface area contributed by atoms with Gasteiger partial charge in [0.15, 0.2) is 0 Å². The minimum Gasteiger partial charge on any atom is -0.359 e. The Balaban J connectivity index is 2.66. The summed E-state index contributed by atoms with van der Waals surface area (Å²) in [6.45, 7) is 1.90. The van der Waals surface area contributed by atoms with Crippen LogP contribution >= 0.6 is 0 Å². The van der Waals surface area contributed by atoms with Crippen molar-refractivity contribution < 1.29 is 4.92 Å². The average Bonchev–Trinajstić information content (AvgIpc) is 2.65. The van der Waals surface area contributed by atoms with E-state index in [1.165, 1.54) is 6.07 Å². The van der Waals surface area contributed by atoms with E-state index in [0.29, 0.717) is 12.0 Å². The van der Waals surface area contributed by atoms with Crippen LogP contribution in [-0.2, 0) is 6.42 Å². The summed E-state index contributed by atoms with van der Waals surface area (Å²) in [5.41, 5.74) is 2.56. The number of aromatic amines is 1. The van der Waals surface area contributed by atoms with E-state index in [1.807, 2.05) is 19.1 Å². The van der Waals surface area contributed by atoms with Crippen molar-refractivity contribution in [1.29, 1.82) is 5.26 Å². The molecule has 0 unspecified atom stereocenters. The second-order valence-corrected chi connectivity index (χ2v) is 3.89. The molecule has 0 atom stereocenters. The Labute approximate surface area is 97.8 Å². The summed E-state index contributed by atoms with van der Waals surface area (Å²) >= 11 is 0. The molecular formula is C12H11N3O2. The Hall–Kier alpha value is -2.35. The van der Waals surface area contributed by atoms with Crippen LogP contribution in [0.5, 0.6) is 0 Å². The molecule has 0 fully saturated rings. The van der Waals surface area contributed by atoms with E-state index in [0.717, 1.165) is 16.6 Å². The van der Waals surface area contributed by atoms with E-state index in [4.69, 9.17) is 5.26 Å². The van der Waals surface area contributed by atoms with Crippen LogP contribution in [0.2, 0.25) is 0 Å². The Kier molecular flexibility index (Phi) is 2.79. The van der Waals surface area contributed by atoms with Crippen molar-refractivity contribution in [2.75, 3.05) is 0 Å². The fraction of sp³-hybridized carbons (Fsp3) is 0.250. The van der Waals surface area contributed by atoms with Crippen LogP contribution in [0.4, 0.5) is 5.69 Å². The second-order valence-electron chi connectivity index (χ2n) is 3.89. The Bertz CT molecular complexity index is 622. The fourth-order valence-corrected chi connectivity index (χ4v) is 2.01. The maximum absolute atomic E-state index is 10.9. The van der Waals surface area contributed by atoms with E-state index in [9.17, 15) is 10.1 Å². The normalized spacial score (nSPS) is 10.4. The summed E-state index contributed by atoms with van der Waals surface area (Å²) in [6.07, 6.45) is 0.686. The number of nitro groups is 1. The quantitative estimate of drug-likeness (QED) is 0.648. The van der Waals surface area contributed by atoms with Crippen LogP contribution in [0.1, 0.15) is 17.7 Å². The van der Waals surface area contributed by atoms with Gasteiger partial charge in [-0.2, -0.15) is 5.26 Å². The number of nitriles is 1. The van der Waals surface area contributed by atoms with E-state index in [1.54, 1.807) is 6.07 Å². The molecule has 1 aromatic carbocycles. The van der Waals surface area contributed by atoms with Crippen molar-refractivity contribution in [3.05, 3.63) is 39.6 Å². The minimum absolute atomic E-state index is 0.0896. The number of aryl methyl sites for hydroxylation is 2. The molecule has 0 spiro atoms. The Morgan fingerprint density at radius 3 is 2.94 bits per heavy atom. The molecule has 5 nitrogen and oxygen atoms in total. The first-order valence-corrected chi connectivity index (χ1v) is 5.26. The van der Waals surface area contributed by atoms with Gasteiger partial charge < -0.3 is 4.98 Å². The smallest absolute Gasteiger partial charge is 0.273 e. The molecule has 5 heteroatoms. The van der Waals surface area contributed by atoms with Crippen molar-refractivity contribution in [3.63, 3.8) is 0 Å². The molecule has 86 valence electrons. The van der Waals surface area contributed by atoms with Gasteiger partial charge in [0.25, 0.3) is 5.69 Å². The number of fused-ring (bicyclic) bond motifs is 1. The number of benzene rings is 1. The molecular weight excluding hydrogens is 218 g/mol. The van der Waals surface area contributed by atoms with Crippen molar-refractivity contribution in [1.82, 2.24) is 4.98 Å². The molecule has 1 N–H and O–H groups in total. The zero-order valence-corrected chi connectivity index (χ0v) is 9.36. The predicted molar refractivity (Wildman–Crippen MR) is 63.6 cm³/mol. The lowest BCUT2D eigenvalue weighted by Gasteiger charge is -2.02. The van der Waals surface area contributed by atoms with Crippen LogP contribution < -0.4 is 0 Å². The number of hydrogen-bond donors (Lipinski definition) is 1. The Morgan fingerprint density at radius 1 is 1.53 bits per heavy atom. The number of rotatable bonds is 3. The van der Waals surface area contributed by atoms with Crippen LogP contribution in [-0.4, -0.2) is 9.91 Å². The molecule has 1 aromatic heterocycles. The highest BCUT2D eigenvalue weighted by molar-refractivity contribution is 5.87. The molecule has 0 saturated carbocycles. The summed E-state index contributed by atoms with van der Waals surface area (Å²) in [7, 11) is 0. The standard InChI is InChI=1S/C12H11N3O2/c1-8-7-10-9(3-2-6-13)12(15(16)17)5-4-11(10)14-8/h4-5,7,14H,2-3H2,1H3. The lowest BCUT2D eigenvalue weighted by Crippen LogP contribution is -1.96. The molecule has 17 heavy (non-hydrogen) atoms. The van der Waals surface area contributed by atoms with Gasteiger partial charge in [-0.15, -0.1) is 0 Å². The Morgan fingerprint density at radius 2 is 2.29 bits per heavy atom. The first kappa shape index (κ1) is 11.1. The molecule has 0 bridgehead atoms. The lowest BCUT2D eigenvalue weighted by molar-refractivity contribution is -0.385. The molecule has 0 aliphatic rings. The third-order valence-corrected chi connectivity index (χ3v) is 2.71. The number of H-pyrrole nitrogens is 1. The van der Waals surface area contributed by atoms with Gasteiger partial charge in [0.2, 0.25) is 0 Å². The molecule has 0 radical (unpaired) electrons. The van der Waals surface area contributed by atoms with Gasteiger partial charge in [0, 0.05) is 34.6 Å². The third-order valence-electron chi connectivity index (χ3n) is 2.71. The summed E-state index contributed by atoms with van der Waals surface area (Å²) in [5.74, 6) is 0. The fourth-order valence-electron chi connectivity index (χ4n) is 2.01. The number of aromatic nitrogens is 1. The van der Waals surface area contributed by atoms with Gasteiger partial charge in [-0.05, 0) is 25.5 Å². The highest BCUT2D eigenvalue weighted by Gasteiger charge is 2.17. The second kappa shape index (κ2) is 4.26. The summed E-state index contributed by atoms with van der Waals surface area (Å²) in [5, 5.41) is 20.4. The first-order chi connectivity index (χ1) is 8.13. The molecule has 0 aliphatic heterocycles. The lowest BCUT2D eigenvalue weighted by atomic mass is 10.0. The van der Waals surface area contributed by atoms with Gasteiger partial charge in [-0.3, -0.25) is 10.1 Å². The van der Waals surface area contributed by atoms with E-state index < -0.39 is 4.92 Å². The maximum Gasteiger partial charge on any atom is 0.273 e. The topological polar surface area (TPSA) is 82.7 Å². The third kappa shape index (κ3) is 1.97. The van der Waals surface area contributed by atoms with Gasteiger partial charge >= 0.3 is 0 Å². The number of nitrogens with one attached hydrogen (secondary N) is 1. The SMILES string of the molecule is Cc1cc2c(CCC#N)c([N+](=O)[O-])ccc2[nH]1. The zero-order valence-electron chi connectivity index (χ0n) is 9.36. The number of hydrogen-bond acceptors (Lipinski definition) is 3. The largest absolute Gasteiger partial charge is 0.359 e. The van der Waals surface area contributed by atoms with Crippen molar-refractivity contribution in [2.24, 2.45) is 0 Å². The molecule has 2 aromatic rings. The van der Waals surface area contributed by atoms with Gasteiger partial charge in [0.05, 0.1) is 11.0 Å². The molecule has 0 saturated heterocycles. The molecule has 0 amide bonds. The van der Waals surface area contributed by atoms with Crippen LogP contribution in [0, 0.1) is 28.4 Å². The zero-order chi connectivity index (χ0) is 12.4. The number of nitro benzene ring substituents is 1. The highest BCUT2D eigenvalue weighted by atomic mass is 16.6. The van der Waals surface area contributed by atoms with E-state index in [2.05, 4.69) is 4.98 Å². The van der Waals surface area contributed by atoms with Crippen LogP contribution in [0.25, 0.3) is 10.9 Å². The number of nitrogens with zero attached hydrogens (tertiary/aromatic N) is 2. The summed E-state index contributed by atoms with van der Waals surface area (Å²) in [4.78, 5) is 13.7. The molecule has 1 heterocycles. The van der Waals surface area contributed by atoms with Crippen LogP contribution in [0.15, 0.2) is 18.2 Å². The first-order valence-electron chi connectivity index (χ1n) is 5.26. The summed E-state index contributed by atoms with van der Waals surface area (Å²) < 4.78 is 0. The van der Waals surface area contributed by atoms with Crippen molar-refractivity contribution in [2.45, 2.75) is 19.8 Å². The highest BCUT2D eigenvalue weighted by Crippen LogP contribution is 2.29. The van der Waals surface area contributed by atoms with Crippen molar-refractivity contribution in [3.8, 4) is 6.07 Å². The van der Waals surface area contributed by atoms with Gasteiger partial charge in [0.1, 0.15) is 0 Å². The van der Waals surface area contributed by atoms with Gasteiger partial charge in [-0.1, -0.05) is 0 Å². The monoisotopic (exact) mass is 229 g/mol. The predicted octanol–water partition coefficient (Wildman–Crippen LogP) is 2.84. The van der Waals surface area contributed by atoms with Gasteiger partial charge in [-0.25, -0.2) is 0 Å². The molecule has 2 rings (SSSR count). The average molecular weight is 229 g/mol. The van der Waals surface area contributed by atoms with E-state index >= 15 is 0 Å². The van der Waals surface area contributed by atoms with E-state index in [-0.39, 0.29) is 12.1 Å². The van der Waals surface area contributed by atoms with Crippen LogP contribution in [0.3, 0.4) is 0 Å². The van der Waals surface area contributed by atoms with Crippen molar-refractivity contribution >= 4 is 16.6 Å². The summed E-state index contributed by atoms with van der Waals surface area (Å²) in [6, 6.07) is 7.10. The molecule has 0 aliphatic carbocycles. The maximum atomic E-state index is 10.9.